The molecule has 0 bridgehead atoms. The Morgan fingerprint density at radius 1 is 1.10 bits per heavy atom. The zero-order valence-corrected chi connectivity index (χ0v) is 17.9. The Hall–Kier alpha value is -2.90. The van der Waals surface area contributed by atoms with Crippen molar-refractivity contribution in [3.8, 4) is 5.69 Å². The molecule has 3 heterocycles. The Balaban J connectivity index is 0.00000218. The van der Waals surface area contributed by atoms with Gasteiger partial charge in [-0.3, -0.25) is 14.0 Å². The lowest BCUT2D eigenvalue weighted by molar-refractivity contribution is 0.443. The van der Waals surface area contributed by atoms with Crippen LogP contribution in [0.25, 0.3) is 27.5 Å². The summed E-state index contributed by atoms with van der Waals surface area (Å²) in [5, 5.41) is 9.42. The van der Waals surface area contributed by atoms with Crippen molar-refractivity contribution in [3.05, 3.63) is 59.3 Å². The van der Waals surface area contributed by atoms with Crippen LogP contribution in [-0.2, 0) is 7.05 Å². The highest BCUT2D eigenvalue weighted by molar-refractivity contribution is 5.85. The summed E-state index contributed by atoms with van der Waals surface area (Å²) < 4.78 is 3.38. The number of anilines is 1. The fraction of sp³-hybridized carbons (Fsp3) is 0.318. The summed E-state index contributed by atoms with van der Waals surface area (Å²) in [6.07, 6.45) is 5.82. The molecule has 0 amide bonds. The molecule has 5 rings (SSSR count). The number of aromatic nitrogens is 4. The molecule has 0 spiro atoms. The van der Waals surface area contributed by atoms with Crippen molar-refractivity contribution in [2.24, 2.45) is 7.05 Å². The first-order valence-electron chi connectivity index (χ1n) is 9.99. The highest BCUT2D eigenvalue weighted by atomic mass is 35.5. The van der Waals surface area contributed by atoms with Gasteiger partial charge < -0.3 is 10.2 Å². The van der Waals surface area contributed by atoms with Crippen molar-refractivity contribution in [1.82, 2.24) is 24.6 Å². The first-order chi connectivity index (χ1) is 14.1. The molecule has 8 heteroatoms. The lowest BCUT2D eigenvalue weighted by Gasteiger charge is -2.33. The van der Waals surface area contributed by atoms with E-state index in [1.54, 1.807) is 15.6 Å². The van der Waals surface area contributed by atoms with E-state index in [9.17, 15) is 4.79 Å². The summed E-state index contributed by atoms with van der Waals surface area (Å²) in [4.78, 5) is 20.0. The van der Waals surface area contributed by atoms with E-state index in [-0.39, 0.29) is 18.0 Å². The molecule has 0 unspecified atom stereocenters. The van der Waals surface area contributed by atoms with Crippen molar-refractivity contribution in [2.45, 2.75) is 18.9 Å². The van der Waals surface area contributed by atoms with Gasteiger partial charge in [-0.15, -0.1) is 12.4 Å². The van der Waals surface area contributed by atoms with Gasteiger partial charge in [-0.25, -0.2) is 4.98 Å². The fourth-order valence-corrected chi connectivity index (χ4v) is 4.20. The predicted molar refractivity (Wildman–Crippen MR) is 123 cm³/mol. The molecule has 156 valence electrons. The average molecular weight is 425 g/mol. The highest BCUT2D eigenvalue weighted by Crippen LogP contribution is 2.23. The number of fused-ring (bicyclic) bond motifs is 2. The largest absolute Gasteiger partial charge is 0.371 e. The molecular formula is C22H25ClN6O. The van der Waals surface area contributed by atoms with Gasteiger partial charge in [-0.2, -0.15) is 5.10 Å². The quantitative estimate of drug-likeness (QED) is 0.547. The van der Waals surface area contributed by atoms with Gasteiger partial charge in [0.1, 0.15) is 6.33 Å². The minimum atomic E-state index is -0.0608. The fourth-order valence-electron chi connectivity index (χ4n) is 4.20. The number of hydrogen-bond acceptors (Lipinski definition) is 5. The number of piperidine rings is 1. The first kappa shape index (κ1) is 20.4. The highest BCUT2D eigenvalue weighted by Gasteiger charge is 2.19. The normalized spacial score (nSPS) is 14.7. The Labute approximate surface area is 180 Å². The Bertz CT molecular complexity index is 1260. The molecule has 4 aromatic rings. The minimum absolute atomic E-state index is 0. The molecule has 2 aromatic carbocycles. The number of aryl methyl sites for hydroxylation is 1. The number of benzene rings is 2. The molecule has 7 nitrogen and oxygen atoms in total. The molecule has 1 fully saturated rings. The monoisotopic (exact) mass is 424 g/mol. The molecule has 1 N–H and O–H groups in total. The smallest absolute Gasteiger partial charge is 0.265 e. The molecular weight excluding hydrogens is 400 g/mol. The van der Waals surface area contributed by atoms with Gasteiger partial charge in [-0.1, -0.05) is 0 Å². The number of hydrogen-bond donors (Lipinski definition) is 1. The third kappa shape index (κ3) is 3.55. The van der Waals surface area contributed by atoms with E-state index in [1.807, 2.05) is 49.6 Å². The van der Waals surface area contributed by atoms with E-state index in [2.05, 4.69) is 27.3 Å². The number of rotatable bonds is 3. The Morgan fingerprint density at radius 3 is 2.70 bits per heavy atom. The van der Waals surface area contributed by atoms with Crippen molar-refractivity contribution in [3.63, 3.8) is 0 Å². The summed E-state index contributed by atoms with van der Waals surface area (Å²) in [5.74, 6) is 0. The molecule has 0 radical (unpaired) electrons. The van der Waals surface area contributed by atoms with E-state index in [4.69, 9.17) is 0 Å². The Kier molecular flexibility index (Phi) is 5.49. The standard InChI is InChI=1S/C22H24N6O.ClH/c1-26-13-15-11-18(4-6-20(15)25-26)28-14-24-21-12-17(3-5-19(21)22(28)29)27(2)16-7-9-23-10-8-16;/h3-6,11-14,16,23H,7-10H2,1-2H3;1H. The first-order valence-corrected chi connectivity index (χ1v) is 9.99. The molecule has 0 aliphatic carbocycles. The molecule has 2 aromatic heterocycles. The summed E-state index contributed by atoms with van der Waals surface area (Å²) in [6.45, 7) is 2.10. The van der Waals surface area contributed by atoms with E-state index < -0.39 is 0 Å². The minimum Gasteiger partial charge on any atom is -0.371 e. The second-order valence-corrected chi connectivity index (χ2v) is 7.76. The number of nitrogens with one attached hydrogen (secondary N) is 1. The second kappa shape index (κ2) is 8.08. The van der Waals surface area contributed by atoms with Crippen molar-refractivity contribution >= 4 is 39.9 Å². The van der Waals surface area contributed by atoms with Gasteiger partial charge in [0, 0.05) is 37.4 Å². The topological polar surface area (TPSA) is 68.0 Å². The maximum Gasteiger partial charge on any atom is 0.265 e. The van der Waals surface area contributed by atoms with Crippen LogP contribution in [0.4, 0.5) is 5.69 Å². The summed E-state index contributed by atoms with van der Waals surface area (Å²) >= 11 is 0. The zero-order valence-electron chi connectivity index (χ0n) is 17.1. The van der Waals surface area contributed by atoms with Crippen LogP contribution in [0.15, 0.2) is 53.7 Å². The Morgan fingerprint density at radius 2 is 1.90 bits per heavy atom. The van der Waals surface area contributed by atoms with Gasteiger partial charge >= 0.3 is 0 Å². The van der Waals surface area contributed by atoms with Gasteiger partial charge in [0.2, 0.25) is 0 Å². The summed E-state index contributed by atoms with van der Waals surface area (Å²) in [6, 6.07) is 12.3. The van der Waals surface area contributed by atoms with E-state index in [1.165, 1.54) is 0 Å². The third-order valence-corrected chi connectivity index (χ3v) is 5.89. The lowest BCUT2D eigenvalue weighted by atomic mass is 10.0. The van der Waals surface area contributed by atoms with E-state index in [0.717, 1.165) is 53.7 Å². The van der Waals surface area contributed by atoms with Gasteiger partial charge in [0.25, 0.3) is 5.56 Å². The van der Waals surface area contributed by atoms with Crippen molar-refractivity contribution in [2.75, 3.05) is 25.0 Å². The van der Waals surface area contributed by atoms with E-state index in [0.29, 0.717) is 11.4 Å². The second-order valence-electron chi connectivity index (χ2n) is 7.76. The summed E-state index contributed by atoms with van der Waals surface area (Å²) in [5.41, 5.74) is 3.47. The van der Waals surface area contributed by atoms with Crippen LogP contribution in [0.2, 0.25) is 0 Å². The average Bonchev–Trinajstić information content (AvgIpc) is 3.13. The van der Waals surface area contributed by atoms with Crippen LogP contribution in [0, 0.1) is 0 Å². The van der Waals surface area contributed by atoms with Crippen LogP contribution in [0.1, 0.15) is 12.8 Å². The number of halogens is 1. The van der Waals surface area contributed by atoms with Crippen molar-refractivity contribution < 1.29 is 0 Å². The molecule has 1 saturated heterocycles. The van der Waals surface area contributed by atoms with E-state index >= 15 is 0 Å². The van der Waals surface area contributed by atoms with Crippen LogP contribution in [0.5, 0.6) is 0 Å². The zero-order chi connectivity index (χ0) is 20.0. The molecule has 0 saturated carbocycles. The van der Waals surface area contributed by atoms with Gasteiger partial charge in [0.05, 0.1) is 22.1 Å². The van der Waals surface area contributed by atoms with Crippen LogP contribution in [0.3, 0.4) is 0 Å². The third-order valence-electron chi connectivity index (χ3n) is 5.89. The number of nitrogens with zero attached hydrogens (tertiary/aromatic N) is 5. The van der Waals surface area contributed by atoms with Crippen LogP contribution in [-0.4, -0.2) is 45.5 Å². The van der Waals surface area contributed by atoms with Crippen LogP contribution < -0.4 is 15.8 Å². The molecule has 1 aliphatic rings. The maximum absolute atomic E-state index is 13.1. The summed E-state index contributed by atoms with van der Waals surface area (Å²) in [7, 11) is 4.02. The lowest BCUT2D eigenvalue weighted by Crippen LogP contribution is -2.41. The van der Waals surface area contributed by atoms with Gasteiger partial charge in [-0.05, 0) is 62.3 Å². The molecule has 0 atom stereocenters. The SMILES string of the molecule is CN(c1ccc2c(=O)n(-c3ccc4nn(C)cc4c3)cnc2c1)C1CCNCC1.Cl. The van der Waals surface area contributed by atoms with Crippen molar-refractivity contribution in [1.29, 1.82) is 0 Å². The predicted octanol–water partition coefficient (Wildman–Crippen LogP) is 2.88. The van der Waals surface area contributed by atoms with Crippen LogP contribution >= 0.6 is 12.4 Å². The molecule has 30 heavy (non-hydrogen) atoms. The maximum atomic E-state index is 13.1. The van der Waals surface area contributed by atoms with Gasteiger partial charge in [0.15, 0.2) is 0 Å². The molecule has 1 aliphatic heterocycles.